The first kappa shape index (κ1) is 18.9. The summed E-state index contributed by atoms with van der Waals surface area (Å²) in [6, 6.07) is 2.69. The summed E-state index contributed by atoms with van der Waals surface area (Å²) in [7, 11) is 0. The fraction of sp³-hybridized carbons (Fsp3) is 0.500. The summed E-state index contributed by atoms with van der Waals surface area (Å²) < 4.78 is 0. The fourth-order valence-corrected chi connectivity index (χ4v) is 1.71. The third-order valence-electron chi connectivity index (χ3n) is 2.54. The molecule has 1 unspecified atom stereocenters. The van der Waals surface area contributed by atoms with E-state index in [0.717, 1.165) is 0 Å². The van der Waals surface area contributed by atoms with Gasteiger partial charge in [0.25, 0.3) is 5.69 Å². The van der Waals surface area contributed by atoms with Crippen molar-refractivity contribution in [2.24, 2.45) is 0 Å². The SMILES string of the molecule is CC(C)(C)NCC(O)c1cc(Cl)c(N)c([N+](=O)[O-])c1.Cl. The number of hydrogen-bond donors (Lipinski definition) is 3. The van der Waals surface area contributed by atoms with Gasteiger partial charge in [0.1, 0.15) is 5.69 Å². The third-order valence-corrected chi connectivity index (χ3v) is 2.85. The van der Waals surface area contributed by atoms with E-state index in [-0.39, 0.29) is 40.9 Å². The van der Waals surface area contributed by atoms with Gasteiger partial charge < -0.3 is 16.2 Å². The Hall–Kier alpha value is -1.08. The quantitative estimate of drug-likeness (QED) is 0.449. The lowest BCUT2D eigenvalue weighted by molar-refractivity contribution is -0.384. The second-order valence-corrected chi connectivity index (χ2v) is 5.75. The number of nitrogens with one attached hydrogen (secondary N) is 1. The van der Waals surface area contributed by atoms with E-state index in [1.54, 1.807) is 0 Å². The topological polar surface area (TPSA) is 101 Å². The summed E-state index contributed by atoms with van der Waals surface area (Å²) in [6.45, 7) is 6.13. The summed E-state index contributed by atoms with van der Waals surface area (Å²) in [4.78, 5) is 10.2. The van der Waals surface area contributed by atoms with Gasteiger partial charge in [-0.05, 0) is 32.4 Å². The highest BCUT2D eigenvalue weighted by atomic mass is 35.5. The van der Waals surface area contributed by atoms with Crippen LogP contribution in [-0.4, -0.2) is 22.1 Å². The van der Waals surface area contributed by atoms with Crippen molar-refractivity contribution >= 4 is 35.4 Å². The molecule has 0 aliphatic heterocycles. The fourth-order valence-electron chi connectivity index (χ4n) is 1.49. The van der Waals surface area contributed by atoms with Crippen LogP contribution in [0.1, 0.15) is 32.4 Å². The number of anilines is 1. The summed E-state index contributed by atoms with van der Waals surface area (Å²) in [5.41, 5.74) is 5.34. The molecule has 0 aliphatic rings. The molecule has 0 radical (unpaired) electrons. The first-order valence-corrected chi connectivity index (χ1v) is 6.16. The molecular weight excluding hydrogens is 305 g/mol. The van der Waals surface area contributed by atoms with Crippen molar-refractivity contribution in [3.05, 3.63) is 32.8 Å². The van der Waals surface area contributed by atoms with Gasteiger partial charge in [-0.25, -0.2) is 0 Å². The largest absolute Gasteiger partial charge is 0.392 e. The summed E-state index contributed by atoms with van der Waals surface area (Å²) in [5.74, 6) is 0. The summed E-state index contributed by atoms with van der Waals surface area (Å²) in [5, 5.41) is 24.0. The molecule has 1 rings (SSSR count). The molecule has 0 aromatic heterocycles. The zero-order chi connectivity index (χ0) is 14.8. The van der Waals surface area contributed by atoms with E-state index in [4.69, 9.17) is 17.3 Å². The first-order valence-electron chi connectivity index (χ1n) is 5.78. The van der Waals surface area contributed by atoms with E-state index in [0.29, 0.717) is 5.56 Å². The summed E-state index contributed by atoms with van der Waals surface area (Å²) >= 11 is 5.84. The molecule has 0 amide bonds. The van der Waals surface area contributed by atoms with Gasteiger partial charge in [-0.1, -0.05) is 11.6 Å². The highest BCUT2D eigenvalue weighted by Crippen LogP contribution is 2.33. The van der Waals surface area contributed by atoms with E-state index in [1.807, 2.05) is 20.8 Å². The molecule has 6 nitrogen and oxygen atoms in total. The van der Waals surface area contributed by atoms with Crippen LogP contribution in [0.3, 0.4) is 0 Å². The molecule has 1 aromatic rings. The van der Waals surface area contributed by atoms with E-state index < -0.39 is 11.0 Å². The van der Waals surface area contributed by atoms with Crippen LogP contribution in [0, 0.1) is 10.1 Å². The van der Waals surface area contributed by atoms with Crippen molar-refractivity contribution in [3.63, 3.8) is 0 Å². The Kier molecular flexibility index (Phi) is 6.70. The van der Waals surface area contributed by atoms with Crippen LogP contribution in [0.4, 0.5) is 11.4 Å². The third kappa shape index (κ3) is 5.13. The average Bonchev–Trinajstić information content (AvgIpc) is 2.28. The minimum atomic E-state index is -0.893. The Balaban J connectivity index is 0.00000361. The molecule has 0 bridgehead atoms. The van der Waals surface area contributed by atoms with Gasteiger partial charge >= 0.3 is 0 Å². The number of benzene rings is 1. The Morgan fingerprint density at radius 3 is 2.50 bits per heavy atom. The number of aliphatic hydroxyl groups is 1. The zero-order valence-corrected chi connectivity index (χ0v) is 13.1. The number of halogens is 2. The van der Waals surface area contributed by atoms with Crippen LogP contribution in [-0.2, 0) is 0 Å². The minimum Gasteiger partial charge on any atom is -0.392 e. The Morgan fingerprint density at radius 1 is 1.50 bits per heavy atom. The highest BCUT2D eigenvalue weighted by molar-refractivity contribution is 6.33. The summed E-state index contributed by atoms with van der Waals surface area (Å²) in [6.07, 6.45) is -0.893. The van der Waals surface area contributed by atoms with Gasteiger partial charge in [-0.2, -0.15) is 0 Å². The number of rotatable bonds is 4. The number of nitro benzene ring substituents is 1. The van der Waals surface area contributed by atoms with Crippen molar-refractivity contribution in [1.82, 2.24) is 5.32 Å². The van der Waals surface area contributed by atoms with Crippen LogP contribution < -0.4 is 11.1 Å². The van der Waals surface area contributed by atoms with Crippen LogP contribution in [0.15, 0.2) is 12.1 Å². The second-order valence-electron chi connectivity index (χ2n) is 5.34. The Bertz CT molecular complexity index is 490. The monoisotopic (exact) mass is 323 g/mol. The lowest BCUT2D eigenvalue weighted by Crippen LogP contribution is -2.38. The molecule has 0 saturated carbocycles. The normalized spacial score (nSPS) is 12.7. The molecular formula is C12H19Cl2N3O3. The number of hydrogen-bond acceptors (Lipinski definition) is 5. The molecule has 0 spiro atoms. The van der Waals surface area contributed by atoms with E-state index in [2.05, 4.69) is 5.32 Å². The molecule has 0 heterocycles. The van der Waals surface area contributed by atoms with Gasteiger partial charge in [-0.3, -0.25) is 10.1 Å². The lowest BCUT2D eigenvalue weighted by atomic mass is 10.0. The van der Waals surface area contributed by atoms with Gasteiger partial charge in [0.05, 0.1) is 16.0 Å². The number of nitrogen functional groups attached to an aromatic ring is 1. The Morgan fingerprint density at radius 2 is 2.05 bits per heavy atom. The molecule has 0 fully saturated rings. The minimum absolute atomic E-state index is 0. The zero-order valence-electron chi connectivity index (χ0n) is 11.5. The van der Waals surface area contributed by atoms with E-state index in [1.165, 1.54) is 12.1 Å². The van der Waals surface area contributed by atoms with Gasteiger partial charge in [0, 0.05) is 18.2 Å². The second kappa shape index (κ2) is 7.08. The van der Waals surface area contributed by atoms with Crippen LogP contribution >= 0.6 is 24.0 Å². The maximum absolute atomic E-state index is 10.8. The first-order chi connectivity index (χ1) is 8.61. The molecule has 114 valence electrons. The maximum atomic E-state index is 10.8. The molecule has 1 aromatic carbocycles. The van der Waals surface area contributed by atoms with E-state index >= 15 is 0 Å². The number of aliphatic hydroxyl groups excluding tert-OH is 1. The lowest BCUT2D eigenvalue weighted by Gasteiger charge is -2.23. The number of nitrogens with two attached hydrogens (primary N) is 1. The number of β-amino-alcohol motifs (C(OH)–C–C–N with tert-alkyl or cyclic N) is 1. The molecule has 20 heavy (non-hydrogen) atoms. The van der Waals surface area contributed by atoms with Crippen molar-refractivity contribution in [2.75, 3.05) is 12.3 Å². The van der Waals surface area contributed by atoms with Crippen molar-refractivity contribution < 1.29 is 10.0 Å². The number of nitro groups is 1. The van der Waals surface area contributed by atoms with Gasteiger partial charge in [-0.15, -0.1) is 12.4 Å². The van der Waals surface area contributed by atoms with Gasteiger partial charge in [0.2, 0.25) is 0 Å². The number of nitrogens with zero attached hydrogens (tertiary/aromatic N) is 1. The van der Waals surface area contributed by atoms with Crippen molar-refractivity contribution in [3.8, 4) is 0 Å². The van der Waals surface area contributed by atoms with Crippen LogP contribution in [0.5, 0.6) is 0 Å². The van der Waals surface area contributed by atoms with E-state index in [9.17, 15) is 15.2 Å². The van der Waals surface area contributed by atoms with Crippen LogP contribution in [0.25, 0.3) is 0 Å². The van der Waals surface area contributed by atoms with Crippen LogP contribution in [0.2, 0.25) is 5.02 Å². The average molecular weight is 324 g/mol. The smallest absolute Gasteiger partial charge is 0.294 e. The standard InChI is InChI=1S/C12H18ClN3O3.ClH/c1-12(2,3)15-6-10(17)7-4-8(13)11(14)9(5-7)16(18)19;/h4-5,10,15,17H,6,14H2,1-3H3;1H. The predicted octanol–water partition coefficient (Wildman–Crippen LogP) is 2.67. The molecule has 8 heteroatoms. The van der Waals surface area contributed by atoms with Crippen molar-refractivity contribution in [1.29, 1.82) is 0 Å². The van der Waals surface area contributed by atoms with Crippen molar-refractivity contribution in [2.45, 2.75) is 32.4 Å². The predicted molar refractivity (Wildman–Crippen MR) is 82.5 cm³/mol. The molecule has 1 atom stereocenters. The molecule has 0 saturated heterocycles. The molecule has 4 N–H and O–H groups in total. The Labute approximate surface area is 128 Å². The maximum Gasteiger partial charge on any atom is 0.294 e. The molecule has 0 aliphatic carbocycles. The highest BCUT2D eigenvalue weighted by Gasteiger charge is 2.20. The van der Waals surface area contributed by atoms with Gasteiger partial charge in [0.15, 0.2) is 0 Å².